The molecule has 4 heteroatoms. The topological polar surface area (TPSA) is 64.4 Å². The van der Waals surface area contributed by atoms with Crippen molar-refractivity contribution in [2.75, 3.05) is 6.54 Å². The predicted octanol–water partition coefficient (Wildman–Crippen LogP) is 2.27. The quantitative estimate of drug-likeness (QED) is 0.619. The molecular formula is C14H16N2O2. The second-order valence-electron chi connectivity index (χ2n) is 4.40. The van der Waals surface area contributed by atoms with Gasteiger partial charge in [0.05, 0.1) is 5.57 Å². The minimum Gasteiger partial charge on any atom is -0.512 e. The van der Waals surface area contributed by atoms with Crippen molar-refractivity contribution in [1.82, 2.24) is 4.90 Å². The van der Waals surface area contributed by atoms with Gasteiger partial charge in [0, 0.05) is 25.2 Å². The summed E-state index contributed by atoms with van der Waals surface area (Å²) in [4.78, 5) is 13.8. The molecule has 1 aliphatic rings. The van der Waals surface area contributed by atoms with Crippen LogP contribution in [0.15, 0.2) is 41.7 Å². The van der Waals surface area contributed by atoms with E-state index in [1.54, 1.807) is 4.90 Å². The first kappa shape index (κ1) is 12.4. The number of likely N-dealkylation sites (tertiary alicyclic amines) is 1. The summed E-state index contributed by atoms with van der Waals surface area (Å²) in [7, 11) is 0. The Bertz CT molecular complexity index is 502. The van der Waals surface area contributed by atoms with Gasteiger partial charge in [-0.3, -0.25) is 4.79 Å². The van der Waals surface area contributed by atoms with Gasteiger partial charge in [-0.2, -0.15) is 0 Å². The fourth-order valence-electron chi connectivity index (χ4n) is 2.09. The van der Waals surface area contributed by atoms with Gasteiger partial charge in [-0.25, -0.2) is 0 Å². The number of hydrogen-bond acceptors (Lipinski definition) is 3. The van der Waals surface area contributed by atoms with Gasteiger partial charge in [-0.05, 0) is 12.5 Å². The molecule has 4 nitrogen and oxygen atoms in total. The Hall–Kier alpha value is -2.10. The highest BCUT2D eigenvalue weighted by Gasteiger charge is 2.29. The molecule has 0 saturated carbocycles. The van der Waals surface area contributed by atoms with Crippen LogP contribution in [0, 0.1) is 5.41 Å². The van der Waals surface area contributed by atoms with Crippen molar-refractivity contribution < 1.29 is 9.90 Å². The number of carbonyl (C=O) groups excluding carboxylic acids is 1. The number of piperidine rings is 1. The van der Waals surface area contributed by atoms with E-state index in [1.807, 2.05) is 30.3 Å². The molecule has 0 atom stereocenters. The van der Waals surface area contributed by atoms with Crippen LogP contribution in [0.5, 0.6) is 0 Å². The van der Waals surface area contributed by atoms with Gasteiger partial charge in [0.15, 0.2) is 0 Å². The fourth-order valence-corrected chi connectivity index (χ4v) is 2.09. The Morgan fingerprint density at radius 1 is 1.39 bits per heavy atom. The van der Waals surface area contributed by atoms with Crippen LogP contribution in [0.4, 0.5) is 0 Å². The molecule has 18 heavy (non-hydrogen) atoms. The van der Waals surface area contributed by atoms with Gasteiger partial charge in [-0.15, -0.1) is 0 Å². The molecule has 1 aliphatic heterocycles. The number of nitrogens with one attached hydrogen (secondary N) is 1. The zero-order valence-corrected chi connectivity index (χ0v) is 10.3. The van der Waals surface area contributed by atoms with Crippen LogP contribution in [-0.2, 0) is 11.3 Å². The van der Waals surface area contributed by atoms with Crippen molar-refractivity contribution in [3.8, 4) is 0 Å². The first-order chi connectivity index (χ1) is 8.59. The molecule has 0 spiro atoms. The summed E-state index contributed by atoms with van der Waals surface area (Å²) in [6.45, 7) is 2.50. The van der Waals surface area contributed by atoms with Crippen LogP contribution in [-0.4, -0.2) is 28.2 Å². The predicted molar refractivity (Wildman–Crippen MR) is 69.5 cm³/mol. The maximum atomic E-state index is 12.1. The van der Waals surface area contributed by atoms with E-state index in [0.717, 1.165) is 5.56 Å². The van der Waals surface area contributed by atoms with Gasteiger partial charge in [0.2, 0.25) is 0 Å². The minimum absolute atomic E-state index is 0.0669. The molecule has 1 aromatic carbocycles. The number of benzene rings is 1. The first-order valence-corrected chi connectivity index (χ1v) is 5.90. The third kappa shape index (κ3) is 2.42. The Balaban J connectivity index is 2.19. The van der Waals surface area contributed by atoms with Crippen molar-refractivity contribution in [2.24, 2.45) is 0 Å². The molecule has 2 rings (SSSR count). The largest absolute Gasteiger partial charge is 0.512 e. The number of aliphatic hydroxyl groups excluding tert-OH is 1. The molecule has 1 heterocycles. The first-order valence-electron chi connectivity index (χ1n) is 5.90. The summed E-state index contributed by atoms with van der Waals surface area (Å²) >= 11 is 0. The Morgan fingerprint density at radius 2 is 2.06 bits per heavy atom. The second kappa shape index (κ2) is 5.04. The van der Waals surface area contributed by atoms with Crippen molar-refractivity contribution in [1.29, 1.82) is 5.41 Å². The number of aliphatic hydroxyl groups is 1. The van der Waals surface area contributed by atoms with E-state index in [2.05, 4.69) is 0 Å². The zero-order chi connectivity index (χ0) is 13.1. The van der Waals surface area contributed by atoms with Gasteiger partial charge >= 0.3 is 0 Å². The van der Waals surface area contributed by atoms with Gasteiger partial charge in [0.1, 0.15) is 5.76 Å². The highest BCUT2D eigenvalue weighted by atomic mass is 16.3. The second-order valence-corrected chi connectivity index (χ2v) is 4.40. The number of carbonyl (C=O) groups is 1. The highest BCUT2D eigenvalue weighted by Crippen LogP contribution is 2.19. The summed E-state index contributed by atoms with van der Waals surface area (Å²) in [5.74, 6) is -0.321. The lowest BCUT2D eigenvalue weighted by molar-refractivity contribution is -0.127. The van der Waals surface area contributed by atoms with E-state index in [4.69, 9.17) is 5.41 Å². The number of allylic oxidation sites excluding steroid dienone is 1. The average Bonchev–Trinajstić information content (AvgIpc) is 2.34. The van der Waals surface area contributed by atoms with Crippen molar-refractivity contribution in [3.63, 3.8) is 0 Å². The monoisotopic (exact) mass is 244 g/mol. The van der Waals surface area contributed by atoms with Crippen molar-refractivity contribution in [3.05, 3.63) is 47.2 Å². The van der Waals surface area contributed by atoms with Gasteiger partial charge < -0.3 is 15.4 Å². The molecule has 1 aromatic rings. The number of hydrogen-bond donors (Lipinski definition) is 2. The third-order valence-corrected chi connectivity index (χ3v) is 3.01. The summed E-state index contributed by atoms with van der Waals surface area (Å²) in [5, 5.41) is 17.2. The number of amides is 1. The number of rotatable bonds is 2. The zero-order valence-electron chi connectivity index (χ0n) is 10.3. The molecule has 0 aliphatic carbocycles. The molecule has 1 amide bonds. The van der Waals surface area contributed by atoms with E-state index in [-0.39, 0.29) is 23.0 Å². The molecule has 2 N–H and O–H groups in total. The summed E-state index contributed by atoms with van der Waals surface area (Å²) in [6, 6.07) is 9.71. The SMILES string of the molecule is C/C(O)=C1\C(=N)CCN(Cc2ccccc2)C1=O. The smallest absolute Gasteiger partial charge is 0.259 e. The van der Waals surface area contributed by atoms with E-state index >= 15 is 0 Å². The molecule has 0 bridgehead atoms. The van der Waals surface area contributed by atoms with E-state index in [9.17, 15) is 9.90 Å². The van der Waals surface area contributed by atoms with E-state index in [1.165, 1.54) is 6.92 Å². The third-order valence-electron chi connectivity index (χ3n) is 3.01. The Kier molecular flexibility index (Phi) is 3.46. The van der Waals surface area contributed by atoms with Crippen LogP contribution in [0.3, 0.4) is 0 Å². The van der Waals surface area contributed by atoms with E-state index in [0.29, 0.717) is 19.5 Å². The van der Waals surface area contributed by atoms with E-state index < -0.39 is 0 Å². The van der Waals surface area contributed by atoms with Crippen LogP contribution < -0.4 is 0 Å². The van der Waals surface area contributed by atoms with Crippen LogP contribution in [0.1, 0.15) is 18.9 Å². The number of nitrogens with zero attached hydrogens (tertiary/aromatic N) is 1. The molecule has 1 fully saturated rings. The van der Waals surface area contributed by atoms with Crippen LogP contribution in [0.2, 0.25) is 0 Å². The summed E-state index contributed by atoms with van der Waals surface area (Å²) < 4.78 is 0. The molecule has 0 radical (unpaired) electrons. The highest BCUT2D eigenvalue weighted by molar-refractivity contribution is 6.22. The van der Waals surface area contributed by atoms with Crippen LogP contribution >= 0.6 is 0 Å². The normalized spacial score (nSPS) is 19.1. The standard InChI is InChI=1S/C14H16N2O2/c1-10(17)13-12(15)7-8-16(14(13)18)9-11-5-3-2-4-6-11/h2-6,15,17H,7-9H2,1H3/b13-10-,15-12?. The van der Waals surface area contributed by atoms with Crippen LogP contribution in [0.25, 0.3) is 0 Å². The molecule has 1 saturated heterocycles. The molecule has 0 aromatic heterocycles. The van der Waals surface area contributed by atoms with Gasteiger partial charge in [-0.1, -0.05) is 30.3 Å². The fraction of sp³-hybridized carbons (Fsp3) is 0.286. The Labute approximate surface area is 106 Å². The lowest BCUT2D eigenvalue weighted by Gasteiger charge is -2.29. The lowest BCUT2D eigenvalue weighted by atomic mass is 9.99. The maximum Gasteiger partial charge on any atom is 0.259 e. The summed E-state index contributed by atoms with van der Waals surface area (Å²) in [6.07, 6.45) is 0.492. The van der Waals surface area contributed by atoms with Gasteiger partial charge in [0.25, 0.3) is 5.91 Å². The lowest BCUT2D eigenvalue weighted by Crippen LogP contribution is -2.40. The van der Waals surface area contributed by atoms with Crippen molar-refractivity contribution >= 4 is 11.6 Å². The van der Waals surface area contributed by atoms with Crippen molar-refractivity contribution in [2.45, 2.75) is 19.9 Å². The summed E-state index contributed by atoms with van der Waals surface area (Å²) in [5.41, 5.74) is 1.43. The molecule has 0 unspecified atom stereocenters. The minimum atomic E-state index is -0.255. The Morgan fingerprint density at radius 3 is 2.67 bits per heavy atom. The maximum absolute atomic E-state index is 12.1. The molecular weight excluding hydrogens is 228 g/mol. The molecule has 94 valence electrons. The average molecular weight is 244 g/mol.